The predicted octanol–water partition coefficient (Wildman–Crippen LogP) is 4.34. The van der Waals surface area contributed by atoms with Crippen LogP contribution < -0.4 is 5.32 Å². The van der Waals surface area contributed by atoms with Crippen molar-refractivity contribution >= 4 is 27.4 Å². The molecule has 0 amide bonds. The van der Waals surface area contributed by atoms with Crippen LogP contribution in [-0.4, -0.2) is 16.5 Å². The lowest BCUT2D eigenvalue weighted by molar-refractivity contribution is 0.684. The Morgan fingerprint density at radius 3 is 2.78 bits per heavy atom. The van der Waals surface area contributed by atoms with Crippen LogP contribution in [0, 0.1) is 6.92 Å². The molecule has 0 aliphatic carbocycles. The van der Waals surface area contributed by atoms with Crippen LogP contribution in [0.3, 0.4) is 0 Å². The van der Waals surface area contributed by atoms with Crippen LogP contribution in [-0.2, 0) is 0 Å². The Kier molecular flexibility index (Phi) is 4.17. The molecule has 2 aromatic rings. The first kappa shape index (κ1) is 13.3. The number of hydrogen-bond acceptors (Lipinski definition) is 4. The Hall–Kier alpha value is -1.16. The Labute approximate surface area is 113 Å². The van der Waals surface area contributed by atoms with Crippen molar-refractivity contribution in [3.8, 4) is 0 Å². The van der Waals surface area contributed by atoms with Gasteiger partial charge in [0.2, 0.25) is 0 Å². The van der Waals surface area contributed by atoms with Crippen molar-refractivity contribution in [2.45, 2.75) is 46.5 Å². The molecule has 0 bridgehead atoms. The maximum Gasteiger partial charge on any atom is 0.138 e. The fourth-order valence-corrected chi connectivity index (χ4v) is 2.73. The first-order chi connectivity index (χ1) is 8.65. The van der Waals surface area contributed by atoms with Crippen LogP contribution in [0.1, 0.15) is 50.2 Å². The van der Waals surface area contributed by atoms with Crippen molar-refractivity contribution in [1.29, 1.82) is 0 Å². The highest BCUT2D eigenvalue weighted by Gasteiger charge is 2.13. The monoisotopic (exact) mass is 263 g/mol. The Bertz CT molecular complexity index is 533. The summed E-state index contributed by atoms with van der Waals surface area (Å²) in [7, 11) is 0. The molecule has 1 N–H and O–H groups in total. The molecule has 0 spiro atoms. The highest BCUT2D eigenvalue weighted by molar-refractivity contribution is 7.18. The van der Waals surface area contributed by atoms with Gasteiger partial charge in [-0.2, -0.15) is 0 Å². The number of nitrogens with one attached hydrogen (secondary N) is 1. The maximum absolute atomic E-state index is 4.71. The average Bonchev–Trinajstić information content (AvgIpc) is 2.75. The smallest absolute Gasteiger partial charge is 0.138 e. The van der Waals surface area contributed by atoms with E-state index in [1.807, 2.05) is 0 Å². The Morgan fingerprint density at radius 2 is 2.11 bits per heavy atom. The van der Waals surface area contributed by atoms with Gasteiger partial charge in [0.15, 0.2) is 0 Å². The van der Waals surface area contributed by atoms with Crippen LogP contribution in [0.4, 0.5) is 5.82 Å². The highest BCUT2D eigenvalue weighted by atomic mass is 32.1. The van der Waals surface area contributed by atoms with Gasteiger partial charge in [0.1, 0.15) is 16.5 Å². The quantitative estimate of drug-likeness (QED) is 0.872. The second-order valence-corrected chi connectivity index (χ2v) is 5.98. The van der Waals surface area contributed by atoms with Crippen molar-refractivity contribution in [2.75, 3.05) is 11.9 Å². The van der Waals surface area contributed by atoms with E-state index in [9.17, 15) is 0 Å². The zero-order chi connectivity index (χ0) is 13.1. The summed E-state index contributed by atoms with van der Waals surface area (Å²) < 4.78 is 0. The van der Waals surface area contributed by atoms with Crippen molar-refractivity contribution in [3.05, 3.63) is 16.8 Å². The van der Waals surface area contributed by atoms with Gasteiger partial charge in [-0.1, -0.05) is 20.8 Å². The summed E-state index contributed by atoms with van der Waals surface area (Å²) >= 11 is 1.75. The first-order valence-corrected chi connectivity index (χ1v) is 7.49. The summed E-state index contributed by atoms with van der Waals surface area (Å²) in [4.78, 5) is 11.8. The molecule has 1 atom stereocenters. The third-order valence-electron chi connectivity index (χ3n) is 3.13. The van der Waals surface area contributed by atoms with Gasteiger partial charge in [0.05, 0.1) is 5.39 Å². The van der Waals surface area contributed by atoms with E-state index in [1.165, 1.54) is 4.88 Å². The third kappa shape index (κ3) is 2.64. The van der Waals surface area contributed by atoms with Gasteiger partial charge in [-0.05, 0) is 25.8 Å². The molecule has 0 aromatic carbocycles. The van der Waals surface area contributed by atoms with E-state index >= 15 is 0 Å². The Balaban J connectivity index is 2.49. The SMILES string of the molecule is CCCNc1nc(C(C)CC)nc2sc(C)cc12. The minimum atomic E-state index is 0.416. The van der Waals surface area contributed by atoms with E-state index < -0.39 is 0 Å². The molecule has 4 heteroatoms. The number of hydrogen-bond donors (Lipinski definition) is 1. The standard InChI is InChI=1S/C14H21N3S/c1-5-7-15-13-11-8-10(4)18-14(11)17-12(16-13)9(3)6-2/h8-9H,5-7H2,1-4H3,(H,15,16,17). The van der Waals surface area contributed by atoms with Crippen LogP contribution in [0.25, 0.3) is 10.2 Å². The minimum absolute atomic E-state index is 0.416. The fourth-order valence-electron chi connectivity index (χ4n) is 1.84. The fraction of sp³-hybridized carbons (Fsp3) is 0.571. The van der Waals surface area contributed by atoms with Crippen LogP contribution in [0.2, 0.25) is 0 Å². The topological polar surface area (TPSA) is 37.8 Å². The molecule has 2 aromatic heterocycles. The normalized spacial score (nSPS) is 12.9. The molecule has 0 aliphatic rings. The summed E-state index contributed by atoms with van der Waals surface area (Å²) in [6, 6.07) is 2.18. The first-order valence-electron chi connectivity index (χ1n) is 6.67. The number of thiophene rings is 1. The number of fused-ring (bicyclic) bond motifs is 1. The van der Waals surface area contributed by atoms with Gasteiger partial charge in [0, 0.05) is 17.3 Å². The van der Waals surface area contributed by atoms with Crippen molar-refractivity contribution in [3.63, 3.8) is 0 Å². The van der Waals surface area contributed by atoms with Crippen LogP contribution >= 0.6 is 11.3 Å². The lowest BCUT2D eigenvalue weighted by atomic mass is 10.1. The van der Waals surface area contributed by atoms with Gasteiger partial charge in [-0.15, -0.1) is 11.3 Å². The molecule has 3 nitrogen and oxygen atoms in total. The summed E-state index contributed by atoms with van der Waals surface area (Å²) in [5.41, 5.74) is 0. The predicted molar refractivity (Wildman–Crippen MR) is 79.6 cm³/mol. The lowest BCUT2D eigenvalue weighted by Crippen LogP contribution is -2.07. The molecule has 1 unspecified atom stereocenters. The number of aromatic nitrogens is 2. The summed E-state index contributed by atoms with van der Waals surface area (Å²) in [5, 5.41) is 4.59. The van der Waals surface area contributed by atoms with E-state index in [-0.39, 0.29) is 0 Å². The second kappa shape index (κ2) is 5.65. The number of aryl methyl sites for hydroxylation is 1. The summed E-state index contributed by atoms with van der Waals surface area (Å²) in [6.07, 6.45) is 2.18. The molecule has 0 aliphatic heterocycles. The molecular formula is C14H21N3S. The average molecular weight is 263 g/mol. The van der Waals surface area contributed by atoms with Crippen molar-refractivity contribution < 1.29 is 0 Å². The van der Waals surface area contributed by atoms with Gasteiger partial charge < -0.3 is 5.32 Å². The highest BCUT2D eigenvalue weighted by Crippen LogP contribution is 2.30. The lowest BCUT2D eigenvalue weighted by Gasteiger charge is -2.11. The molecular weight excluding hydrogens is 242 g/mol. The minimum Gasteiger partial charge on any atom is -0.369 e. The van der Waals surface area contributed by atoms with Crippen LogP contribution in [0.5, 0.6) is 0 Å². The number of nitrogens with zero attached hydrogens (tertiary/aromatic N) is 2. The summed E-state index contributed by atoms with van der Waals surface area (Å²) in [6.45, 7) is 9.61. The van der Waals surface area contributed by atoms with E-state index in [1.54, 1.807) is 11.3 Å². The van der Waals surface area contributed by atoms with Crippen molar-refractivity contribution in [2.24, 2.45) is 0 Å². The van der Waals surface area contributed by atoms with Gasteiger partial charge in [-0.3, -0.25) is 0 Å². The second-order valence-electron chi connectivity index (χ2n) is 4.74. The molecule has 0 fully saturated rings. The molecule has 0 radical (unpaired) electrons. The molecule has 0 saturated heterocycles. The summed E-state index contributed by atoms with van der Waals surface area (Å²) in [5.74, 6) is 2.38. The Morgan fingerprint density at radius 1 is 1.33 bits per heavy atom. The van der Waals surface area contributed by atoms with Crippen molar-refractivity contribution in [1.82, 2.24) is 9.97 Å². The molecule has 0 saturated carbocycles. The van der Waals surface area contributed by atoms with E-state index in [4.69, 9.17) is 9.97 Å². The maximum atomic E-state index is 4.71. The van der Waals surface area contributed by atoms with Gasteiger partial charge in [0.25, 0.3) is 0 Å². The van der Waals surface area contributed by atoms with E-state index in [0.717, 1.165) is 41.2 Å². The molecule has 98 valence electrons. The largest absolute Gasteiger partial charge is 0.369 e. The molecule has 2 heterocycles. The molecule has 18 heavy (non-hydrogen) atoms. The third-order valence-corrected chi connectivity index (χ3v) is 4.07. The van der Waals surface area contributed by atoms with E-state index in [2.05, 4.69) is 39.1 Å². The van der Waals surface area contributed by atoms with Gasteiger partial charge in [-0.25, -0.2) is 9.97 Å². The zero-order valence-electron chi connectivity index (χ0n) is 11.6. The van der Waals surface area contributed by atoms with Crippen LogP contribution in [0.15, 0.2) is 6.07 Å². The number of anilines is 1. The van der Waals surface area contributed by atoms with E-state index in [0.29, 0.717) is 5.92 Å². The number of rotatable bonds is 5. The molecule has 2 rings (SSSR count). The van der Waals surface area contributed by atoms with Gasteiger partial charge >= 0.3 is 0 Å². The zero-order valence-corrected chi connectivity index (χ0v) is 12.4.